The van der Waals surface area contributed by atoms with E-state index in [9.17, 15) is 9.59 Å². The summed E-state index contributed by atoms with van der Waals surface area (Å²) in [5, 5.41) is 0. The van der Waals surface area contributed by atoms with E-state index in [1.165, 1.54) is 24.8 Å². The van der Waals surface area contributed by atoms with Gasteiger partial charge in [0, 0.05) is 18.8 Å². The number of carbonyl (C=O) groups is 2. The minimum absolute atomic E-state index is 0.0763. The molecule has 0 radical (unpaired) electrons. The minimum Gasteiger partial charge on any atom is -0.300 e. The lowest BCUT2D eigenvalue weighted by molar-refractivity contribution is -0.125. The van der Waals surface area contributed by atoms with Crippen molar-refractivity contribution in [2.24, 2.45) is 11.3 Å². The third kappa shape index (κ3) is 4.88. The quantitative estimate of drug-likeness (QED) is 0.623. The molecule has 0 spiro atoms. The number of allylic oxidation sites excluding steroid dienone is 2. The number of ketones is 2. The van der Waals surface area contributed by atoms with Crippen LogP contribution in [0.25, 0.3) is 0 Å². The van der Waals surface area contributed by atoms with E-state index in [2.05, 4.69) is 20.8 Å². The summed E-state index contributed by atoms with van der Waals surface area (Å²) < 4.78 is 0. The molecular weight excluding hydrogens is 248 g/mol. The van der Waals surface area contributed by atoms with Crippen molar-refractivity contribution in [1.82, 2.24) is 0 Å². The Morgan fingerprint density at radius 1 is 1.25 bits per heavy atom. The van der Waals surface area contributed by atoms with Gasteiger partial charge in [-0.1, -0.05) is 31.9 Å². The van der Waals surface area contributed by atoms with Gasteiger partial charge in [0.25, 0.3) is 0 Å². The summed E-state index contributed by atoms with van der Waals surface area (Å²) in [6, 6.07) is 0. The number of hydrogen-bond donors (Lipinski definition) is 0. The molecule has 0 fully saturated rings. The number of rotatable bonds is 7. The Morgan fingerprint density at radius 3 is 2.45 bits per heavy atom. The van der Waals surface area contributed by atoms with Crippen LogP contribution in [-0.2, 0) is 9.59 Å². The smallest absolute Gasteiger partial charge is 0.136 e. The van der Waals surface area contributed by atoms with Crippen molar-refractivity contribution in [3.05, 3.63) is 11.1 Å². The lowest BCUT2D eigenvalue weighted by Gasteiger charge is -2.35. The SMILES string of the molecule is CC(=O)CCC(=O)C(C)CCC1=C(C)CCCC1(C)C. The van der Waals surface area contributed by atoms with Crippen LogP contribution in [0.2, 0.25) is 0 Å². The summed E-state index contributed by atoms with van der Waals surface area (Å²) in [4.78, 5) is 22.9. The average molecular weight is 278 g/mol. The van der Waals surface area contributed by atoms with E-state index in [0.29, 0.717) is 18.3 Å². The highest BCUT2D eigenvalue weighted by molar-refractivity contribution is 5.86. The van der Waals surface area contributed by atoms with Crippen LogP contribution in [0.1, 0.15) is 79.6 Å². The fourth-order valence-corrected chi connectivity index (χ4v) is 3.29. The predicted octanol–water partition coefficient (Wildman–Crippen LogP) is 4.87. The lowest BCUT2D eigenvalue weighted by Crippen LogP contribution is -2.22. The molecule has 0 aromatic heterocycles. The van der Waals surface area contributed by atoms with Crippen LogP contribution in [-0.4, -0.2) is 11.6 Å². The van der Waals surface area contributed by atoms with Crippen LogP contribution in [0.5, 0.6) is 0 Å². The summed E-state index contributed by atoms with van der Waals surface area (Å²) >= 11 is 0. The van der Waals surface area contributed by atoms with Crippen molar-refractivity contribution in [1.29, 1.82) is 0 Å². The second kappa shape index (κ2) is 7.19. The molecule has 0 aromatic rings. The van der Waals surface area contributed by atoms with Crippen LogP contribution >= 0.6 is 0 Å². The molecule has 2 nitrogen and oxygen atoms in total. The fourth-order valence-electron chi connectivity index (χ4n) is 3.29. The standard InChI is InChI=1S/C18H30O2/c1-13-7-6-12-18(4,5)16(13)10-8-14(2)17(20)11-9-15(3)19/h14H,6-12H2,1-5H3. The van der Waals surface area contributed by atoms with Gasteiger partial charge < -0.3 is 4.79 Å². The van der Waals surface area contributed by atoms with Crippen molar-refractivity contribution < 1.29 is 9.59 Å². The van der Waals surface area contributed by atoms with E-state index in [-0.39, 0.29) is 17.5 Å². The molecule has 1 atom stereocenters. The molecule has 114 valence electrons. The monoisotopic (exact) mass is 278 g/mol. The molecule has 0 saturated heterocycles. The maximum atomic E-state index is 12.0. The molecule has 20 heavy (non-hydrogen) atoms. The van der Waals surface area contributed by atoms with E-state index in [1.807, 2.05) is 6.92 Å². The second-order valence-corrected chi connectivity index (χ2v) is 7.10. The largest absolute Gasteiger partial charge is 0.300 e. The summed E-state index contributed by atoms with van der Waals surface area (Å²) in [7, 11) is 0. The first kappa shape index (κ1) is 17.1. The van der Waals surface area contributed by atoms with Crippen molar-refractivity contribution in [2.45, 2.75) is 79.6 Å². The van der Waals surface area contributed by atoms with Gasteiger partial charge in [0.15, 0.2) is 0 Å². The maximum Gasteiger partial charge on any atom is 0.136 e. The third-order valence-electron chi connectivity index (χ3n) is 4.79. The molecule has 0 aromatic carbocycles. The van der Waals surface area contributed by atoms with Gasteiger partial charge in [-0.2, -0.15) is 0 Å². The number of hydrogen-bond acceptors (Lipinski definition) is 2. The van der Waals surface area contributed by atoms with Crippen LogP contribution in [0.15, 0.2) is 11.1 Å². The Bertz CT molecular complexity index is 402. The zero-order valence-electron chi connectivity index (χ0n) is 13.8. The van der Waals surface area contributed by atoms with Crippen LogP contribution in [0.4, 0.5) is 0 Å². The first-order valence-corrected chi connectivity index (χ1v) is 7.95. The van der Waals surface area contributed by atoms with Gasteiger partial charge in [0.1, 0.15) is 11.6 Å². The predicted molar refractivity (Wildman–Crippen MR) is 83.7 cm³/mol. The second-order valence-electron chi connectivity index (χ2n) is 7.10. The van der Waals surface area contributed by atoms with Crippen LogP contribution < -0.4 is 0 Å². The molecular formula is C18H30O2. The van der Waals surface area contributed by atoms with E-state index in [1.54, 1.807) is 12.5 Å². The zero-order valence-corrected chi connectivity index (χ0v) is 13.8. The van der Waals surface area contributed by atoms with E-state index in [0.717, 1.165) is 12.8 Å². The van der Waals surface area contributed by atoms with E-state index >= 15 is 0 Å². The first-order chi connectivity index (χ1) is 9.24. The highest BCUT2D eigenvalue weighted by Crippen LogP contribution is 2.42. The first-order valence-electron chi connectivity index (χ1n) is 7.95. The number of carbonyl (C=O) groups excluding carboxylic acids is 2. The normalized spacial score (nSPS) is 19.9. The van der Waals surface area contributed by atoms with Gasteiger partial charge in [0.05, 0.1) is 0 Å². The molecule has 0 aliphatic heterocycles. The molecule has 1 aliphatic carbocycles. The maximum absolute atomic E-state index is 12.0. The summed E-state index contributed by atoms with van der Waals surface area (Å²) in [5.41, 5.74) is 3.39. The molecule has 0 bridgehead atoms. The average Bonchev–Trinajstić information content (AvgIpc) is 2.34. The molecule has 0 N–H and O–H groups in total. The van der Waals surface area contributed by atoms with E-state index in [4.69, 9.17) is 0 Å². The topological polar surface area (TPSA) is 34.1 Å². The minimum atomic E-state index is 0.0763. The Kier molecular flexibility index (Phi) is 6.16. The van der Waals surface area contributed by atoms with Gasteiger partial charge in [0.2, 0.25) is 0 Å². The van der Waals surface area contributed by atoms with Crippen molar-refractivity contribution >= 4 is 11.6 Å². The van der Waals surface area contributed by atoms with Crippen molar-refractivity contribution in [3.63, 3.8) is 0 Å². The van der Waals surface area contributed by atoms with Crippen molar-refractivity contribution in [2.75, 3.05) is 0 Å². The van der Waals surface area contributed by atoms with Gasteiger partial charge in [-0.05, 0) is 51.4 Å². The molecule has 1 rings (SSSR count). The lowest BCUT2D eigenvalue weighted by atomic mass is 9.70. The van der Waals surface area contributed by atoms with Gasteiger partial charge in [-0.3, -0.25) is 4.79 Å². The molecule has 1 unspecified atom stereocenters. The Hall–Kier alpha value is -0.920. The fraction of sp³-hybridized carbons (Fsp3) is 0.778. The summed E-state index contributed by atoms with van der Waals surface area (Å²) in [5.74, 6) is 0.428. The molecule has 0 heterocycles. The van der Waals surface area contributed by atoms with Crippen molar-refractivity contribution in [3.8, 4) is 0 Å². The molecule has 1 aliphatic rings. The molecule has 0 amide bonds. The Morgan fingerprint density at radius 2 is 1.90 bits per heavy atom. The summed E-state index contributed by atoms with van der Waals surface area (Å²) in [6.45, 7) is 10.5. The Labute approximate surface area is 124 Å². The van der Waals surface area contributed by atoms with Gasteiger partial charge in [-0.15, -0.1) is 0 Å². The molecule has 2 heteroatoms. The van der Waals surface area contributed by atoms with Gasteiger partial charge in [-0.25, -0.2) is 0 Å². The summed E-state index contributed by atoms with van der Waals surface area (Å²) in [6.07, 6.45) is 6.53. The van der Waals surface area contributed by atoms with Crippen LogP contribution in [0, 0.1) is 11.3 Å². The van der Waals surface area contributed by atoms with Crippen LogP contribution in [0.3, 0.4) is 0 Å². The third-order valence-corrected chi connectivity index (χ3v) is 4.79. The van der Waals surface area contributed by atoms with Gasteiger partial charge >= 0.3 is 0 Å². The van der Waals surface area contributed by atoms with E-state index < -0.39 is 0 Å². The Balaban J connectivity index is 2.53. The highest BCUT2D eigenvalue weighted by Gasteiger charge is 2.28. The number of Topliss-reactive ketones (excluding diaryl/α,β-unsaturated/α-hetero) is 2. The zero-order chi connectivity index (χ0) is 15.3. The molecule has 0 saturated carbocycles. The highest BCUT2D eigenvalue weighted by atomic mass is 16.1.